The zero-order valence-electron chi connectivity index (χ0n) is 26.8. The summed E-state index contributed by atoms with van der Waals surface area (Å²) in [7, 11) is -3.38. The zero-order chi connectivity index (χ0) is 32.4. The van der Waals surface area contributed by atoms with Gasteiger partial charge in [-0.3, -0.25) is 4.79 Å². The average molecular weight is 655 g/mol. The Kier molecular flexibility index (Phi) is 14.2. The maximum absolute atomic E-state index is 14.1. The molecule has 1 amide bonds. The van der Waals surface area contributed by atoms with Crippen molar-refractivity contribution >= 4 is 38.9 Å². The lowest BCUT2D eigenvalue weighted by atomic mass is 9.73. The molecule has 9 heteroatoms. The summed E-state index contributed by atoms with van der Waals surface area (Å²) in [5.41, 5.74) is 0.371. The number of sulfone groups is 1. The van der Waals surface area contributed by atoms with Crippen molar-refractivity contribution < 1.29 is 22.7 Å². The smallest absolute Gasteiger partial charge is 0.229 e. The van der Waals surface area contributed by atoms with Gasteiger partial charge in [-0.1, -0.05) is 87.3 Å². The number of hydrogen-bond donors (Lipinski definition) is 0. The van der Waals surface area contributed by atoms with Crippen LogP contribution in [0.2, 0.25) is 10.0 Å². The van der Waals surface area contributed by atoms with Gasteiger partial charge in [-0.2, -0.15) is 0 Å². The van der Waals surface area contributed by atoms with Gasteiger partial charge in [0, 0.05) is 20.9 Å². The highest BCUT2D eigenvalue weighted by Gasteiger charge is 2.48. The van der Waals surface area contributed by atoms with Gasteiger partial charge in [-0.15, -0.1) is 0 Å². The van der Waals surface area contributed by atoms with E-state index in [-0.39, 0.29) is 24.1 Å². The first kappa shape index (κ1) is 37.3. The lowest BCUT2D eigenvalue weighted by Crippen LogP contribution is -2.53. The van der Waals surface area contributed by atoms with Gasteiger partial charge in [0.15, 0.2) is 15.6 Å². The van der Waals surface area contributed by atoms with Crippen LogP contribution in [0.1, 0.15) is 92.7 Å². The summed E-state index contributed by atoms with van der Waals surface area (Å²) >= 11 is 11.7. The van der Waals surface area contributed by atoms with E-state index in [4.69, 9.17) is 32.7 Å². The first-order chi connectivity index (χ1) is 20.2. The number of rotatable bonds is 8. The SMILES string of the molecule is CC.CCC(/C=C/S(=O)(=O)C(C)C)N1C(=O)[C@@](C)(CC2COC(C)(C)O2)CC[C@H]1c1ccc(Cl)cc1.Clc1ccccc1. The highest BCUT2D eigenvalue weighted by molar-refractivity contribution is 7.94. The summed E-state index contributed by atoms with van der Waals surface area (Å²) in [5.74, 6) is -0.630. The quantitative estimate of drug-likeness (QED) is 0.284. The van der Waals surface area contributed by atoms with Crippen LogP contribution in [-0.2, 0) is 24.1 Å². The number of carbonyl (C=O) groups is 1. The number of benzene rings is 2. The van der Waals surface area contributed by atoms with Gasteiger partial charge in [-0.05, 0) is 83.2 Å². The summed E-state index contributed by atoms with van der Waals surface area (Å²) in [5, 5.41) is 2.19. The molecule has 2 aromatic rings. The molecule has 2 saturated heterocycles. The number of carbonyl (C=O) groups excluding carboxylic acids is 1. The van der Waals surface area contributed by atoms with Crippen LogP contribution in [0.3, 0.4) is 0 Å². The number of amides is 1. The van der Waals surface area contributed by atoms with E-state index in [0.717, 1.165) is 17.0 Å². The van der Waals surface area contributed by atoms with Crippen molar-refractivity contribution in [1.29, 1.82) is 0 Å². The fourth-order valence-corrected chi connectivity index (χ4v) is 6.29. The molecular formula is C34H49Cl2NO5S. The summed E-state index contributed by atoms with van der Waals surface area (Å²) in [4.78, 5) is 16.0. The monoisotopic (exact) mass is 653 g/mol. The molecule has 0 N–H and O–H groups in total. The molecule has 2 unspecified atom stereocenters. The third kappa shape index (κ3) is 10.6. The third-order valence-electron chi connectivity index (χ3n) is 7.71. The molecular weight excluding hydrogens is 605 g/mol. The number of nitrogens with zero attached hydrogens (tertiary/aromatic N) is 1. The molecule has 2 aromatic carbocycles. The van der Waals surface area contributed by atoms with E-state index >= 15 is 0 Å². The zero-order valence-corrected chi connectivity index (χ0v) is 29.2. The molecule has 0 aliphatic carbocycles. The van der Waals surface area contributed by atoms with Crippen LogP contribution >= 0.6 is 23.2 Å². The second-order valence-electron chi connectivity index (χ2n) is 11.8. The molecule has 240 valence electrons. The van der Waals surface area contributed by atoms with E-state index in [9.17, 15) is 13.2 Å². The predicted octanol–water partition coefficient (Wildman–Crippen LogP) is 9.03. The van der Waals surface area contributed by atoms with Crippen LogP contribution in [0.15, 0.2) is 66.1 Å². The summed E-state index contributed by atoms with van der Waals surface area (Å²) < 4.78 is 36.7. The first-order valence-electron chi connectivity index (χ1n) is 15.2. The maximum atomic E-state index is 14.1. The Morgan fingerprint density at radius 1 is 1.00 bits per heavy atom. The van der Waals surface area contributed by atoms with Gasteiger partial charge in [0.05, 0.1) is 30.0 Å². The number of hydrogen-bond acceptors (Lipinski definition) is 5. The largest absolute Gasteiger partial charge is 0.348 e. The van der Waals surface area contributed by atoms with Crippen molar-refractivity contribution in [2.24, 2.45) is 5.41 Å². The summed E-state index contributed by atoms with van der Waals surface area (Å²) in [6.45, 7) is 15.5. The van der Waals surface area contributed by atoms with Crippen molar-refractivity contribution in [3.8, 4) is 0 Å². The molecule has 4 rings (SSSR count). The molecule has 0 radical (unpaired) electrons. The number of ether oxygens (including phenoxy) is 2. The first-order valence-corrected chi connectivity index (χ1v) is 17.6. The Balaban J connectivity index is 0.000000619. The average Bonchev–Trinajstić information content (AvgIpc) is 3.31. The molecule has 43 heavy (non-hydrogen) atoms. The molecule has 0 aromatic heterocycles. The van der Waals surface area contributed by atoms with Crippen molar-refractivity contribution in [1.82, 2.24) is 4.90 Å². The lowest BCUT2D eigenvalue weighted by Gasteiger charge is -2.48. The van der Waals surface area contributed by atoms with E-state index in [1.54, 1.807) is 19.9 Å². The van der Waals surface area contributed by atoms with Gasteiger partial charge >= 0.3 is 0 Å². The number of halogens is 2. The van der Waals surface area contributed by atoms with Gasteiger partial charge in [-0.25, -0.2) is 8.42 Å². The Bertz CT molecular complexity index is 1280. The van der Waals surface area contributed by atoms with Crippen LogP contribution in [0.5, 0.6) is 0 Å². The fraction of sp³-hybridized carbons (Fsp3) is 0.559. The third-order valence-corrected chi connectivity index (χ3v) is 10.1. The molecule has 2 heterocycles. The van der Waals surface area contributed by atoms with Crippen LogP contribution in [0, 0.1) is 5.41 Å². The molecule has 6 nitrogen and oxygen atoms in total. The molecule has 2 fully saturated rings. The van der Waals surface area contributed by atoms with E-state index < -0.39 is 26.3 Å². The molecule has 0 bridgehead atoms. The van der Waals surface area contributed by atoms with Crippen LogP contribution in [0.4, 0.5) is 0 Å². The maximum Gasteiger partial charge on any atom is 0.229 e. The fourth-order valence-electron chi connectivity index (χ4n) is 5.30. The normalized spacial score (nSPS) is 24.3. The molecule has 0 saturated carbocycles. The minimum Gasteiger partial charge on any atom is -0.348 e. The Morgan fingerprint density at radius 3 is 2.05 bits per heavy atom. The topological polar surface area (TPSA) is 72.9 Å². The number of piperidine rings is 1. The van der Waals surface area contributed by atoms with E-state index in [0.29, 0.717) is 30.9 Å². The van der Waals surface area contributed by atoms with Crippen molar-refractivity contribution in [3.63, 3.8) is 0 Å². The Hall–Kier alpha value is -1.90. The van der Waals surface area contributed by atoms with Gasteiger partial charge < -0.3 is 14.4 Å². The van der Waals surface area contributed by atoms with Gasteiger partial charge in [0.1, 0.15) is 0 Å². The molecule has 2 aliphatic rings. The summed E-state index contributed by atoms with van der Waals surface area (Å²) in [6.07, 6.45) is 4.16. The van der Waals surface area contributed by atoms with Crippen molar-refractivity contribution in [3.05, 3.63) is 81.7 Å². The minimum absolute atomic E-state index is 0.0189. The highest BCUT2D eigenvalue weighted by atomic mass is 35.5. The van der Waals surface area contributed by atoms with Crippen LogP contribution in [0.25, 0.3) is 0 Å². The predicted molar refractivity (Wildman–Crippen MR) is 178 cm³/mol. The molecule has 4 atom stereocenters. The van der Waals surface area contributed by atoms with E-state index in [1.807, 2.05) is 101 Å². The Morgan fingerprint density at radius 2 is 1.58 bits per heavy atom. The highest BCUT2D eigenvalue weighted by Crippen LogP contribution is 2.46. The minimum atomic E-state index is -3.38. The second-order valence-corrected chi connectivity index (χ2v) is 15.0. The van der Waals surface area contributed by atoms with E-state index in [1.165, 1.54) is 5.41 Å². The van der Waals surface area contributed by atoms with Crippen LogP contribution < -0.4 is 0 Å². The number of likely N-dealkylation sites (tertiary alicyclic amines) is 1. The van der Waals surface area contributed by atoms with Crippen molar-refractivity contribution in [2.75, 3.05) is 6.61 Å². The van der Waals surface area contributed by atoms with Gasteiger partial charge in [0.2, 0.25) is 5.91 Å². The second kappa shape index (κ2) is 16.4. The lowest BCUT2D eigenvalue weighted by molar-refractivity contribution is -0.160. The van der Waals surface area contributed by atoms with E-state index in [2.05, 4.69) is 0 Å². The van der Waals surface area contributed by atoms with Crippen molar-refractivity contribution in [2.45, 2.75) is 110 Å². The van der Waals surface area contributed by atoms with Crippen LogP contribution in [-0.4, -0.2) is 49.0 Å². The molecule has 0 spiro atoms. The standard InChI is InChI=1S/C26H38ClNO5S.C6H5Cl.C2H6/c1-7-21(13-15-34(30,31)18(2)3)28-23(19-8-10-20(27)11-9-19)12-14-26(6,24(28)29)16-22-17-32-25(4,5)33-22;7-6-4-2-1-3-5-6;1-2/h8-11,13,15,18,21-23H,7,12,14,16-17H2,1-6H3;1-5H;1-2H3/b15-13+;;/t21?,22?,23-,26+;;/m0../s1. The molecule has 2 aliphatic heterocycles. The van der Waals surface area contributed by atoms with Gasteiger partial charge in [0.25, 0.3) is 0 Å². The Labute approximate surface area is 269 Å². The summed E-state index contributed by atoms with van der Waals surface area (Å²) in [6, 6.07) is 16.5.